The van der Waals surface area contributed by atoms with Crippen LogP contribution in [0.1, 0.15) is 38.5 Å². The number of hydrogen-bond acceptors (Lipinski definition) is 2. The SMILES string of the molecule is O=C(CCC1CCCC1)N1CCN(CCBr)CC1. The molecule has 4 heteroatoms. The normalized spacial score (nSPS) is 22.6. The van der Waals surface area contributed by atoms with E-state index in [0.29, 0.717) is 5.91 Å². The van der Waals surface area contributed by atoms with Crippen LogP contribution in [-0.4, -0.2) is 53.8 Å². The van der Waals surface area contributed by atoms with Crippen molar-refractivity contribution in [2.45, 2.75) is 38.5 Å². The fourth-order valence-corrected chi connectivity index (χ4v) is 3.63. The first kappa shape index (κ1) is 14.3. The Bertz CT molecular complexity index is 259. The number of piperazine rings is 1. The quantitative estimate of drug-likeness (QED) is 0.728. The largest absolute Gasteiger partial charge is 0.340 e. The van der Waals surface area contributed by atoms with Crippen LogP contribution in [-0.2, 0) is 4.79 Å². The second-order valence-corrected chi connectivity index (χ2v) is 6.39. The van der Waals surface area contributed by atoms with Crippen molar-refractivity contribution in [3.8, 4) is 0 Å². The molecule has 2 rings (SSSR count). The van der Waals surface area contributed by atoms with Gasteiger partial charge < -0.3 is 4.90 Å². The van der Waals surface area contributed by atoms with Gasteiger partial charge in [-0.05, 0) is 12.3 Å². The summed E-state index contributed by atoms with van der Waals surface area (Å²) < 4.78 is 0. The topological polar surface area (TPSA) is 23.6 Å². The second-order valence-electron chi connectivity index (χ2n) is 5.60. The fourth-order valence-electron chi connectivity index (χ4n) is 3.13. The van der Waals surface area contributed by atoms with E-state index in [2.05, 4.69) is 25.7 Å². The van der Waals surface area contributed by atoms with Gasteiger partial charge in [0.15, 0.2) is 0 Å². The van der Waals surface area contributed by atoms with Crippen LogP contribution in [0.25, 0.3) is 0 Å². The number of carbonyl (C=O) groups excluding carboxylic acids is 1. The van der Waals surface area contributed by atoms with Crippen LogP contribution < -0.4 is 0 Å². The molecule has 104 valence electrons. The van der Waals surface area contributed by atoms with E-state index in [1.807, 2.05) is 0 Å². The molecule has 2 aliphatic rings. The average Bonchev–Trinajstić information content (AvgIpc) is 2.90. The van der Waals surface area contributed by atoms with Gasteiger partial charge in [-0.2, -0.15) is 0 Å². The Balaban J connectivity index is 1.64. The van der Waals surface area contributed by atoms with Gasteiger partial charge in [0.05, 0.1) is 0 Å². The van der Waals surface area contributed by atoms with Crippen molar-refractivity contribution >= 4 is 21.8 Å². The maximum absolute atomic E-state index is 12.1. The van der Waals surface area contributed by atoms with E-state index < -0.39 is 0 Å². The van der Waals surface area contributed by atoms with E-state index in [0.717, 1.165) is 56.8 Å². The van der Waals surface area contributed by atoms with Crippen molar-refractivity contribution in [3.63, 3.8) is 0 Å². The lowest BCUT2D eigenvalue weighted by Crippen LogP contribution is -2.49. The van der Waals surface area contributed by atoms with E-state index in [4.69, 9.17) is 0 Å². The zero-order chi connectivity index (χ0) is 12.8. The molecule has 1 aliphatic carbocycles. The van der Waals surface area contributed by atoms with E-state index in [-0.39, 0.29) is 0 Å². The number of hydrogen-bond donors (Lipinski definition) is 0. The summed E-state index contributed by atoms with van der Waals surface area (Å²) >= 11 is 3.47. The summed E-state index contributed by atoms with van der Waals surface area (Å²) in [6.45, 7) is 5.04. The third kappa shape index (κ3) is 4.23. The summed E-state index contributed by atoms with van der Waals surface area (Å²) in [5.41, 5.74) is 0. The standard InChI is InChI=1S/C14H25BrN2O/c15-7-8-16-9-11-17(12-10-16)14(18)6-5-13-3-1-2-4-13/h13H,1-12H2. The molecule has 0 aromatic carbocycles. The Morgan fingerprint density at radius 2 is 1.78 bits per heavy atom. The van der Waals surface area contributed by atoms with Gasteiger partial charge in [-0.1, -0.05) is 41.6 Å². The third-order valence-corrected chi connectivity index (χ3v) is 4.72. The first-order valence-electron chi connectivity index (χ1n) is 7.35. The first-order chi connectivity index (χ1) is 8.79. The Morgan fingerprint density at radius 3 is 2.39 bits per heavy atom. The molecule has 0 atom stereocenters. The molecule has 1 saturated carbocycles. The molecule has 3 nitrogen and oxygen atoms in total. The molecular weight excluding hydrogens is 292 g/mol. The number of carbonyl (C=O) groups is 1. The smallest absolute Gasteiger partial charge is 0.222 e. The Morgan fingerprint density at radius 1 is 1.11 bits per heavy atom. The van der Waals surface area contributed by atoms with E-state index in [1.165, 1.54) is 25.7 Å². The lowest BCUT2D eigenvalue weighted by atomic mass is 10.0. The maximum atomic E-state index is 12.1. The van der Waals surface area contributed by atoms with Crippen LogP contribution in [0.3, 0.4) is 0 Å². The number of amides is 1. The van der Waals surface area contributed by atoms with Crippen molar-refractivity contribution in [1.29, 1.82) is 0 Å². The molecule has 2 fully saturated rings. The van der Waals surface area contributed by atoms with Crippen molar-refractivity contribution < 1.29 is 4.79 Å². The summed E-state index contributed by atoms with van der Waals surface area (Å²) in [5, 5.41) is 1.03. The third-order valence-electron chi connectivity index (χ3n) is 4.37. The van der Waals surface area contributed by atoms with Gasteiger partial charge in [0.1, 0.15) is 0 Å². The molecular formula is C14H25BrN2O. The summed E-state index contributed by atoms with van der Waals surface area (Å²) in [5.74, 6) is 1.23. The summed E-state index contributed by atoms with van der Waals surface area (Å²) in [7, 11) is 0. The maximum Gasteiger partial charge on any atom is 0.222 e. The molecule has 18 heavy (non-hydrogen) atoms. The van der Waals surface area contributed by atoms with Crippen molar-refractivity contribution in [3.05, 3.63) is 0 Å². The van der Waals surface area contributed by atoms with Crippen molar-refractivity contribution in [2.24, 2.45) is 5.92 Å². The molecule has 0 unspecified atom stereocenters. The van der Waals surface area contributed by atoms with E-state index >= 15 is 0 Å². The van der Waals surface area contributed by atoms with Crippen LogP contribution in [0.5, 0.6) is 0 Å². The molecule has 1 aliphatic heterocycles. The Labute approximate surface area is 119 Å². The Hall–Kier alpha value is -0.0900. The van der Waals surface area contributed by atoms with E-state index in [1.54, 1.807) is 0 Å². The predicted molar refractivity (Wildman–Crippen MR) is 78.0 cm³/mol. The van der Waals surface area contributed by atoms with Crippen LogP contribution in [0.4, 0.5) is 0 Å². The number of alkyl halides is 1. The molecule has 0 aromatic rings. The van der Waals surface area contributed by atoms with Crippen LogP contribution >= 0.6 is 15.9 Å². The highest BCUT2D eigenvalue weighted by molar-refractivity contribution is 9.09. The molecule has 0 aromatic heterocycles. The van der Waals surface area contributed by atoms with E-state index in [9.17, 15) is 4.79 Å². The lowest BCUT2D eigenvalue weighted by molar-refractivity contribution is -0.133. The molecule has 1 saturated heterocycles. The molecule has 1 amide bonds. The zero-order valence-electron chi connectivity index (χ0n) is 11.2. The van der Waals surface area contributed by atoms with Crippen LogP contribution in [0.15, 0.2) is 0 Å². The second kappa shape index (κ2) is 7.49. The van der Waals surface area contributed by atoms with Gasteiger partial charge >= 0.3 is 0 Å². The minimum absolute atomic E-state index is 0.389. The van der Waals surface area contributed by atoms with Gasteiger partial charge in [-0.15, -0.1) is 0 Å². The number of rotatable bonds is 5. The molecule has 0 radical (unpaired) electrons. The van der Waals surface area contributed by atoms with Gasteiger partial charge in [0.25, 0.3) is 0 Å². The van der Waals surface area contributed by atoms with Crippen LogP contribution in [0, 0.1) is 5.92 Å². The number of halogens is 1. The summed E-state index contributed by atoms with van der Waals surface area (Å²) in [4.78, 5) is 16.6. The minimum Gasteiger partial charge on any atom is -0.340 e. The summed E-state index contributed by atoms with van der Waals surface area (Å²) in [6.07, 6.45) is 7.37. The average molecular weight is 317 g/mol. The molecule has 0 spiro atoms. The van der Waals surface area contributed by atoms with Crippen molar-refractivity contribution in [2.75, 3.05) is 38.1 Å². The van der Waals surface area contributed by atoms with Crippen molar-refractivity contribution in [1.82, 2.24) is 9.80 Å². The predicted octanol–water partition coefficient (Wildman–Crippen LogP) is 2.50. The molecule has 0 N–H and O–H groups in total. The van der Waals surface area contributed by atoms with Gasteiger partial charge in [0, 0.05) is 44.5 Å². The highest BCUT2D eigenvalue weighted by atomic mass is 79.9. The van der Waals surface area contributed by atoms with Gasteiger partial charge in [0.2, 0.25) is 5.91 Å². The molecule has 1 heterocycles. The van der Waals surface area contributed by atoms with Crippen LogP contribution in [0.2, 0.25) is 0 Å². The van der Waals surface area contributed by atoms with Gasteiger partial charge in [-0.25, -0.2) is 0 Å². The highest BCUT2D eigenvalue weighted by Gasteiger charge is 2.22. The minimum atomic E-state index is 0.389. The lowest BCUT2D eigenvalue weighted by Gasteiger charge is -2.34. The fraction of sp³-hybridized carbons (Fsp3) is 0.929. The molecule has 0 bridgehead atoms. The highest BCUT2D eigenvalue weighted by Crippen LogP contribution is 2.28. The summed E-state index contributed by atoms with van der Waals surface area (Å²) in [6, 6.07) is 0. The Kier molecular flexibility index (Phi) is 5.96. The monoisotopic (exact) mass is 316 g/mol. The van der Waals surface area contributed by atoms with Gasteiger partial charge in [-0.3, -0.25) is 9.69 Å². The number of nitrogens with zero attached hydrogens (tertiary/aromatic N) is 2. The first-order valence-corrected chi connectivity index (χ1v) is 8.48. The zero-order valence-corrected chi connectivity index (χ0v) is 12.8.